The van der Waals surface area contributed by atoms with Crippen LogP contribution >= 0.6 is 0 Å². The number of carbonyl (C=O) groups is 2. The minimum atomic E-state index is -0.0846. The van der Waals surface area contributed by atoms with E-state index in [1.165, 1.54) is 6.92 Å². The van der Waals surface area contributed by atoms with Gasteiger partial charge in [-0.15, -0.1) is 6.58 Å². The van der Waals surface area contributed by atoms with Gasteiger partial charge in [0, 0.05) is 25.7 Å². The van der Waals surface area contributed by atoms with Crippen molar-refractivity contribution in [1.82, 2.24) is 4.90 Å². The molecule has 0 aromatic heterocycles. The number of anilines is 1. The third-order valence-corrected chi connectivity index (χ3v) is 3.03. The van der Waals surface area contributed by atoms with Crippen LogP contribution in [-0.2, 0) is 16.1 Å². The molecule has 0 aliphatic carbocycles. The van der Waals surface area contributed by atoms with Crippen LogP contribution in [0.3, 0.4) is 0 Å². The molecular weight excluding hydrogens is 228 g/mol. The van der Waals surface area contributed by atoms with Gasteiger partial charge in [-0.25, -0.2) is 0 Å². The molecule has 2 rings (SSSR count). The van der Waals surface area contributed by atoms with Crippen molar-refractivity contribution >= 4 is 17.5 Å². The van der Waals surface area contributed by atoms with E-state index in [4.69, 9.17) is 0 Å². The van der Waals surface area contributed by atoms with E-state index in [-0.39, 0.29) is 18.4 Å². The van der Waals surface area contributed by atoms with Crippen LogP contribution in [0.25, 0.3) is 0 Å². The van der Waals surface area contributed by atoms with E-state index in [9.17, 15) is 9.59 Å². The number of rotatable bonds is 2. The molecule has 0 atom stereocenters. The van der Waals surface area contributed by atoms with Gasteiger partial charge >= 0.3 is 0 Å². The van der Waals surface area contributed by atoms with Crippen LogP contribution in [0.15, 0.2) is 36.9 Å². The summed E-state index contributed by atoms with van der Waals surface area (Å²) in [6.07, 6.45) is 1.69. The van der Waals surface area contributed by atoms with E-state index >= 15 is 0 Å². The second-order valence-corrected chi connectivity index (χ2v) is 4.30. The molecule has 0 saturated carbocycles. The van der Waals surface area contributed by atoms with Gasteiger partial charge in [-0.05, 0) is 11.6 Å². The first-order chi connectivity index (χ1) is 8.63. The Hall–Kier alpha value is -2.10. The molecule has 1 aliphatic heterocycles. The lowest BCUT2D eigenvalue weighted by molar-refractivity contribution is -0.133. The van der Waals surface area contributed by atoms with Gasteiger partial charge in [0.1, 0.15) is 6.54 Å². The van der Waals surface area contributed by atoms with Gasteiger partial charge in [-0.3, -0.25) is 9.59 Å². The van der Waals surface area contributed by atoms with E-state index in [2.05, 4.69) is 6.58 Å². The molecule has 0 saturated heterocycles. The van der Waals surface area contributed by atoms with Gasteiger partial charge < -0.3 is 9.80 Å². The first-order valence-electron chi connectivity index (χ1n) is 5.88. The van der Waals surface area contributed by atoms with Crippen molar-refractivity contribution < 1.29 is 9.59 Å². The normalized spacial score (nSPS) is 15.1. The number of carbonyl (C=O) groups excluding carboxylic acids is 2. The lowest BCUT2D eigenvalue weighted by Crippen LogP contribution is -2.39. The van der Waals surface area contributed by atoms with Crippen molar-refractivity contribution in [2.24, 2.45) is 0 Å². The van der Waals surface area contributed by atoms with Crippen molar-refractivity contribution in [2.45, 2.75) is 13.5 Å². The highest BCUT2D eigenvalue weighted by Crippen LogP contribution is 2.25. The third-order valence-electron chi connectivity index (χ3n) is 3.03. The fraction of sp³-hybridized carbons (Fsp3) is 0.286. The van der Waals surface area contributed by atoms with Crippen LogP contribution in [0.5, 0.6) is 0 Å². The van der Waals surface area contributed by atoms with Crippen LogP contribution in [0.1, 0.15) is 12.5 Å². The van der Waals surface area contributed by atoms with Crippen molar-refractivity contribution in [3.63, 3.8) is 0 Å². The summed E-state index contributed by atoms with van der Waals surface area (Å²) >= 11 is 0. The Morgan fingerprint density at radius 2 is 2.11 bits per heavy atom. The minimum Gasteiger partial charge on any atom is -0.329 e. The number of nitrogens with zero attached hydrogens (tertiary/aromatic N) is 2. The fourth-order valence-corrected chi connectivity index (χ4v) is 2.10. The quantitative estimate of drug-likeness (QED) is 0.741. The fourth-order valence-electron chi connectivity index (χ4n) is 2.10. The molecule has 94 valence electrons. The zero-order chi connectivity index (χ0) is 13.1. The molecule has 0 unspecified atom stereocenters. The van der Waals surface area contributed by atoms with Crippen LogP contribution in [-0.4, -0.2) is 29.8 Å². The summed E-state index contributed by atoms with van der Waals surface area (Å²) in [6.45, 7) is 6.22. The number of hydrogen-bond acceptors (Lipinski definition) is 2. The molecule has 1 aliphatic rings. The van der Waals surface area contributed by atoms with Crippen LogP contribution in [0, 0.1) is 0 Å². The Morgan fingerprint density at radius 1 is 1.39 bits per heavy atom. The molecule has 18 heavy (non-hydrogen) atoms. The molecule has 2 amide bonds. The van der Waals surface area contributed by atoms with Gasteiger partial charge in [-0.1, -0.05) is 24.3 Å². The Kier molecular flexibility index (Phi) is 3.46. The molecule has 1 heterocycles. The van der Waals surface area contributed by atoms with Crippen molar-refractivity contribution in [2.75, 3.05) is 18.0 Å². The van der Waals surface area contributed by atoms with E-state index < -0.39 is 0 Å². The highest BCUT2D eigenvalue weighted by Gasteiger charge is 2.26. The molecule has 0 radical (unpaired) electrons. The zero-order valence-electron chi connectivity index (χ0n) is 10.4. The number of amides is 2. The lowest BCUT2D eigenvalue weighted by atomic mass is 10.1. The summed E-state index contributed by atoms with van der Waals surface area (Å²) in [7, 11) is 0. The summed E-state index contributed by atoms with van der Waals surface area (Å²) < 4.78 is 0. The highest BCUT2D eigenvalue weighted by molar-refractivity contribution is 5.98. The molecule has 1 aromatic rings. The average Bonchev–Trinajstić information content (AvgIpc) is 2.48. The van der Waals surface area contributed by atoms with Crippen LogP contribution < -0.4 is 4.90 Å². The molecule has 1 aromatic carbocycles. The lowest BCUT2D eigenvalue weighted by Gasteiger charge is -2.21. The Morgan fingerprint density at radius 3 is 2.78 bits per heavy atom. The smallest absolute Gasteiger partial charge is 0.246 e. The summed E-state index contributed by atoms with van der Waals surface area (Å²) in [5.74, 6) is -0.159. The summed E-state index contributed by atoms with van der Waals surface area (Å²) in [4.78, 5) is 26.9. The largest absolute Gasteiger partial charge is 0.329 e. The van der Waals surface area contributed by atoms with E-state index in [1.807, 2.05) is 24.3 Å². The van der Waals surface area contributed by atoms with Crippen molar-refractivity contribution in [3.05, 3.63) is 42.5 Å². The predicted molar refractivity (Wildman–Crippen MR) is 70.1 cm³/mol. The Labute approximate surface area is 106 Å². The maximum absolute atomic E-state index is 12.2. The second-order valence-electron chi connectivity index (χ2n) is 4.30. The van der Waals surface area contributed by atoms with E-state index in [0.717, 1.165) is 11.3 Å². The minimum absolute atomic E-state index is 0.0740. The summed E-state index contributed by atoms with van der Waals surface area (Å²) in [5, 5.41) is 0. The maximum atomic E-state index is 12.2. The Balaban J connectivity index is 2.44. The molecule has 0 bridgehead atoms. The van der Waals surface area contributed by atoms with Gasteiger partial charge in [-0.2, -0.15) is 0 Å². The first kappa shape index (κ1) is 12.4. The van der Waals surface area contributed by atoms with Crippen LogP contribution in [0.4, 0.5) is 5.69 Å². The molecule has 0 fully saturated rings. The molecule has 4 nitrogen and oxygen atoms in total. The molecular formula is C14H16N2O2. The number of fused-ring (bicyclic) bond motifs is 1. The first-order valence-corrected chi connectivity index (χ1v) is 5.88. The molecule has 0 N–H and O–H groups in total. The summed E-state index contributed by atoms with van der Waals surface area (Å²) in [6, 6.07) is 7.66. The van der Waals surface area contributed by atoms with Crippen molar-refractivity contribution in [1.29, 1.82) is 0 Å². The number of benzene rings is 1. The van der Waals surface area contributed by atoms with Gasteiger partial charge in [0.05, 0.1) is 0 Å². The summed E-state index contributed by atoms with van der Waals surface area (Å²) in [5.41, 5.74) is 1.85. The standard InChI is InChI=1S/C14H16N2O2/c1-3-8-16-13-7-5-4-6-12(13)9-15(11(2)17)10-14(16)18/h3-7H,1,8-10H2,2H3. The third kappa shape index (κ3) is 2.27. The second kappa shape index (κ2) is 5.04. The van der Waals surface area contributed by atoms with E-state index in [1.54, 1.807) is 15.9 Å². The SMILES string of the molecule is C=CCN1C(=O)CN(C(C)=O)Cc2ccccc21. The average molecular weight is 244 g/mol. The van der Waals surface area contributed by atoms with E-state index in [0.29, 0.717) is 13.1 Å². The van der Waals surface area contributed by atoms with Crippen LogP contribution in [0.2, 0.25) is 0 Å². The van der Waals surface area contributed by atoms with Gasteiger partial charge in [0.2, 0.25) is 11.8 Å². The topological polar surface area (TPSA) is 40.6 Å². The molecule has 0 spiro atoms. The Bertz CT molecular complexity index is 496. The maximum Gasteiger partial charge on any atom is 0.246 e. The molecule has 4 heteroatoms. The van der Waals surface area contributed by atoms with Gasteiger partial charge in [0.25, 0.3) is 0 Å². The monoisotopic (exact) mass is 244 g/mol. The highest BCUT2D eigenvalue weighted by atomic mass is 16.2. The number of para-hydroxylation sites is 1. The predicted octanol–water partition coefficient (Wildman–Crippen LogP) is 1.57. The van der Waals surface area contributed by atoms with Gasteiger partial charge in [0.15, 0.2) is 0 Å². The number of hydrogen-bond donors (Lipinski definition) is 0. The van der Waals surface area contributed by atoms with Crippen molar-refractivity contribution in [3.8, 4) is 0 Å². The zero-order valence-corrected chi connectivity index (χ0v) is 10.4.